The van der Waals surface area contributed by atoms with Gasteiger partial charge in [0, 0.05) is 11.8 Å². The van der Waals surface area contributed by atoms with Crippen molar-refractivity contribution in [1.82, 2.24) is 0 Å². The molecule has 0 radical (unpaired) electrons. The van der Waals surface area contributed by atoms with Crippen LogP contribution >= 0.6 is 0 Å². The second kappa shape index (κ2) is 7.30. The molecule has 4 fully saturated rings. The highest BCUT2D eigenvalue weighted by Crippen LogP contribution is 2.73. The van der Waals surface area contributed by atoms with E-state index in [1.807, 2.05) is 0 Å². The van der Waals surface area contributed by atoms with Gasteiger partial charge in [-0.15, -0.1) is 0 Å². The summed E-state index contributed by atoms with van der Waals surface area (Å²) < 4.78 is 6.25. The summed E-state index contributed by atoms with van der Waals surface area (Å²) in [6.07, 6.45) is 14.9. The van der Waals surface area contributed by atoms with E-state index in [9.17, 15) is 4.79 Å². The minimum atomic E-state index is -0.171. The number of rotatable bonds is 2. The highest BCUT2D eigenvalue weighted by Gasteiger charge is 2.65. The normalized spacial score (nSPS) is 49.7. The Morgan fingerprint density at radius 2 is 1.81 bits per heavy atom. The van der Waals surface area contributed by atoms with Crippen LogP contribution in [0.3, 0.4) is 0 Å². The van der Waals surface area contributed by atoms with Crippen LogP contribution in [0.15, 0.2) is 23.3 Å². The molecule has 178 valence electrons. The van der Waals surface area contributed by atoms with Gasteiger partial charge in [0.1, 0.15) is 5.78 Å². The van der Waals surface area contributed by atoms with Gasteiger partial charge in [0.15, 0.2) is 0 Å². The molecule has 2 nitrogen and oxygen atoms in total. The van der Waals surface area contributed by atoms with Gasteiger partial charge in [-0.05, 0) is 98.7 Å². The van der Waals surface area contributed by atoms with Crippen LogP contribution in [0.4, 0.5) is 0 Å². The van der Waals surface area contributed by atoms with Crippen molar-refractivity contribution in [2.75, 3.05) is 6.61 Å². The SMILES string of the molecule is CC(C)=C[C@@H]1C[C@@H]([C@@H]2CC[C@]3(C)C4=CC[C@H]5C(C)(C)C(=O)CC[C@]5(C)[C@@H]4CC[C@@]23C)CO1. The zero-order valence-corrected chi connectivity index (χ0v) is 21.7. The van der Waals surface area contributed by atoms with Gasteiger partial charge in [0.2, 0.25) is 0 Å². The Kier molecular flexibility index (Phi) is 5.22. The summed E-state index contributed by atoms with van der Waals surface area (Å²) in [4.78, 5) is 12.8. The summed E-state index contributed by atoms with van der Waals surface area (Å²) in [6.45, 7) is 17.6. The lowest BCUT2D eigenvalue weighted by Crippen LogP contribution is -2.57. The number of ether oxygens (including phenoxy) is 1. The van der Waals surface area contributed by atoms with Gasteiger partial charge in [-0.1, -0.05) is 57.9 Å². The quantitative estimate of drug-likeness (QED) is 0.416. The zero-order chi connectivity index (χ0) is 23.1. The van der Waals surface area contributed by atoms with E-state index in [0.717, 1.165) is 31.8 Å². The molecule has 1 heterocycles. The zero-order valence-electron chi connectivity index (χ0n) is 21.7. The average Bonchev–Trinajstić information content (AvgIpc) is 3.26. The maximum absolute atomic E-state index is 12.8. The van der Waals surface area contributed by atoms with E-state index in [4.69, 9.17) is 4.74 Å². The molecule has 2 heteroatoms. The first-order valence-corrected chi connectivity index (χ1v) is 13.4. The third-order valence-electron chi connectivity index (χ3n) is 11.8. The standard InChI is InChI=1S/C30H46O2/c1-19(2)16-21-17-20(18-32-21)22-10-14-30(7)24-8-9-25-27(3,4)26(31)12-13-28(25,5)23(24)11-15-29(22,30)6/h8,16,20-23,25H,9-15,17-18H2,1-7H3/t20-,21-,22+,23-,25+,28-,29+,30-/m1/s1. The number of ketones is 1. The molecule has 1 saturated heterocycles. The molecule has 5 aliphatic rings. The molecule has 0 spiro atoms. The van der Waals surface area contributed by atoms with Gasteiger partial charge in [-0.25, -0.2) is 0 Å². The summed E-state index contributed by atoms with van der Waals surface area (Å²) in [5.41, 5.74) is 3.98. The van der Waals surface area contributed by atoms with Gasteiger partial charge >= 0.3 is 0 Å². The number of Topliss-reactive ketones (excluding diaryl/α,β-unsaturated/α-hetero) is 1. The maximum atomic E-state index is 12.8. The molecule has 0 unspecified atom stereocenters. The molecule has 0 aromatic rings. The summed E-state index contributed by atoms with van der Waals surface area (Å²) in [7, 11) is 0. The van der Waals surface area contributed by atoms with Gasteiger partial charge in [0.25, 0.3) is 0 Å². The van der Waals surface area contributed by atoms with Crippen molar-refractivity contribution in [3.8, 4) is 0 Å². The van der Waals surface area contributed by atoms with Crippen LogP contribution in [-0.2, 0) is 9.53 Å². The molecule has 0 aromatic carbocycles. The van der Waals surface area contributed by atoms with Crippen molar-refractivity contribution in [3.63, 3.8) is 0 Å². The first-order chi connectivity index (χ1) is 14.9. The average molecular weight is 439 g/mol. The highest BCUT2D eigenvalue weighted by atomic mass is 16.5. The lowest BCUT2D eigenvalue weighted by molar-refractivity contribution is -0.146. The van der Waals surface area contributed by atoms with E-state index in [1.54, 1.807) is 5.57 Å². The van der Waals surface area contributed by atoms with Crippen molar-refractivity contribution < 1.29 is 9.53 Å². The molecule has 8 atom stereocenters. The number of hydrogen-bond acceptors (Lipinski definition) is 2. The summed E-state index contributed by atoms with van der Waals surface area (Å²) in [6, 6.07) is 0. The number of allylic oxidation sites excluding steroid dienone is 3. The van der Waals surface area contributed by atoms with E-state index >= 15 is 0 Å². The molecule has 0 aromatic heterocycles. The number of fused-ring (bicyclic) bond motifs is 5. The van der Waals surface area contributed by atoms with Crippen LogP contribution in [0.2, 0.25) is 0 Å². The fraction of sp³-hybridized carbons (Fsp3) is 0.833. The predicted octanol–water partition coefficient (Wildman–Crippen LogP) is 7.53. The third kappa shape index (κ3) is 2.96. The van der Waals surface area contributed by atoms with Crippen molar-refractivity contribution in [2.45, 2.75) is 106 Å². The van der Waals surface area contributed by atoms with Crippen LogP contribution in [0.25, 0.3) is 0 Å². The molecule has 0 N–H and O–H groups in total. The molecule has 32 heavy (non-hydrogen) atoms. The topological polar surface area (TPSA) is 26.3 Å². The Bertz CT molecular complexity index is 860. The van der Waals surface area contributed by atoms with E-state index in [-0.39, 0.29) is 10.8 Å². The van der Waals surface area contributed by atoms with Crippen LogP contribution in [-0.4, -0.2) is 18.5 Å². The molecular formula is C30H46O2. The summed E-state index contributed by atoms with van der Waals surface area (Å²) in [5.74, 6) is 3.15. The van der Waals surface area contributed by atoms with E-state index in [1.165, 1.54) is 37.7 Å². The third-order valence-corrected chi connectivity index (χ3v) is 11.8. The van der Waals surface area contributed by atoms with Crippen molar-refractivity contribution in [3.05, 3.63) is 23.3 Å². The van der Waals surface area contributed by atoms with Crippen molar-refractivity contribution >= 4 is 5.78 Å². The first kappa shape index (κ1) is 22.9. The van der Waals surface area contributed by atoms with Gasteiger partial charge in [-0.2, -0.15) is 0 Å². The fourth-order valence-corrected chi connectivity index (χ4v) is 9.76. The Morgan fingerprint density at radius 3 is 2.53 bits per heavy atom. The van der Waals surface area contributed by atoms with Gasteiger partial charge in [0.05, 0.1) is 12.7 Å². The van der Waals surface area contributed by atoms with Crippen molar-refractivity contribution in [2.24, 2.45) is 45.3 Å². The molecular weight excluding hydrogens is 392 g/mol. The minimum Gasteiger partial charge on any atom is -0.374 e. The predicted molar refractivity (Wildman–Crippen MR) is 131 cm³/mol. The van der Waals surface area contributed by atoms with Crippen LogP contribution in [0.1, 0.15) is 99.8 Å². The second-order valence-electron chi connectivity index (χ2n) is 13.7. The Labute approximate surface area is 196 Å². The summed E-state index contributed by atoms with van der Waals surface area (Å²) in [5, 5.41) is 0. The molecule has 0 bridgehead atoms. The van der Waals surface area contributed by atoms with Crippen LogP contribution in [0.5, 0.6) is 0 Å². The largest absolute Gasteiger partial charge is 0.374 e. The number of carbonyl (C=O) groups excluding carboxylic acids is 1. The summed E-state index contributed by atoms with van der Waals surface area (Å²) >= 11 is 0. The Balaban J connectivity index is 1.45. The lowest BCUT2D eigenvalue weighted by atomic mass is 9.41. The second-order valence-corrected chi connectivity index (χ2v) is 13.7. The lowest BCUT2D eigenvalue weighted by Gasteiger charge is -2.63. The van der Waals surface area contributed by atoms with E-state index in [0.29, 0.717) is 40.5 Å². The van der Waals surface area contributed by atoms with Crippen LogP contribution < -0.4 is 0 Å². The highest BCUT2D eigenvalue weighted by molar-refractivity contribution is 5.85. The van der Waals surface area contributed by atoms with Crippen LogP contribution in [0, 0.1) is 45.3 Å². The smallest absolute Gasteiger partial charge is 0.138 e. The fourth-order valence-electron chi connectivity index (χ4n) is 9.76. The monoisotopic (exact) mass is 438 g/mol. The molecule has 3 saturated carbocycles. The first-order valence-electron chi connectivity index (χ1n) is 13.4. The maximum Gasteiger partial charge on any atom is 0.138 e. The number of hydrogen-bond donors (Lipinski definition) is 0. The Morgan fingerprint density at radius 1 is 1.06 bits per heavy atom. The molecule has 1 aliphatic heterocycles. The molecule has 4 aliphatic carbocycles. The van der Waals surface area contributed by atoms with Gasteiger partial charge < -0.3 is 4.74 Å². The molecule has 0 amide bonds. The van der Waals surface area contributed by atoms with E-state index < -0.39 is 0 Å². The Hall–Kier alpha value is -0.890. The number of carbonyl (C=O) groups is 1. The van der Waals surface area contributed by atoms with E-state index in [2.05, 4.69) is 60.6 Å². The minimum absolute atomic E-state index is 0.171. The molecule has 5 rings (SSSR count). The van der Waals surface area contributed by atoms with Gasteiger partial charge in [-0.3, -0.25) is 4.79 Å². The van der Waals surface area contributed by atoms with Crippen molar-refractivity contribution in [1.29, 1.82) is 0 Å².